The van der Waals surface area contributed by atoms with Crippen LogP contribution in [0.1, 0.15) is 31.2 Å². The Labute approximate surface area is 136 Å². The van der Waals surface area contributed by atoms with Crippen molar-refractivity contribution in [3.8, 4) is 11.6 Å². The summed E-state index contributed by atoms with van der Waals surface area (Å²) < 4.78 is 5.32. The summed E-state index contributed by atoms with van der Waals surface area (Å²) in [5.74, 6) is 2.77. The predicted octanol–water partition coefficient (Wildman–Crippen LogP) is 2.72. The Morgan fingerprint density at radius 1 is 1.17 bits per heavy atom. The van der Waals surface area contributed by atoms with Crippen LogP contribution in [0.15, 0.2) is 35.2 Å². The Balaban J connectivity index is 1.37. The number of aromatic nitrogens is 2. The lowest BCUT2D eigenvalue weighted by molar-refractivity contribution is 0.158. The fourth-order valence-electron chi connectivity index (χ4n) is 4.30. The third-order valence-electron chi connectivity index (χ3n) is 5.47. The third-order valence-corrected chi connectivity index (χ3v) is 5.47. The summed E-state index contributed by atoms with van der Waals surface area (Å²) in [7, 11) is 2.18. The number of rotatable bonds is 4. The first kappa shape index (κ1) is 14.8. The van der Waals surface area contributed by atoms with Crippen molar-refractivity contribution in [3.05, 3.63) is 36.4 Å². The number of aliphatic hydroxyl groups is 1. The summed E-state index contributed by atoms with van der Waals surface area (Å²) in [6, 6.07) is 4.32. The van der Waals surface area contributed by atoms with E-state index >= 15 is 0 Å². The van der Waals surface area contributed by atoms with Crippen LogP contribution in [0.4, 0.5) is 0 Å². The Morgan fingerprint density at radius 3 is 2.48 bits per heavy atom. The molecule has 5 heteroatoms. The van der Waals surface area contributed by atoms with Gasteiger partial charge in [-0.2, -0.15) is 0 Å². The molecule has 0 saturated heterocycles. The van der Waals surface area contributed by atoms with Gasteiger partial charge in [-0.25, -0.2) is 9.97 Å². The molecule has 0 radical (unpaired) electrons. The van der Waals surface area contributed by atoms with Crippen LogP contribution in [-0.4, -0.2) is 39.2 Å². The van der Waals surface area contributed by atoms with Crippen LogP contribution in [-0.2, 0) is 6.54 Å². The van der Waals surface area contributed by atoms with Crippen molar-refractivity contribution in [2.24, 2.45) is 11.8 Å². The minimum absolute atomic E-state index is 0.0567. The van der Waals surface area contributed by atoms with Crippen molar-refractivity contribution in [3.63, 3.8) is 0 Å². The van der Waals surface area contributed by atoms with E-state index in [0.29, 0.717) is 17.6 Å². The van der Waals surface area contributed by atoms with Crippen molar-refractivity contribution in [2.75, 3.05) is 7.05 Å². The van der Waals surface area contributed by atoms with Gasteiger partial charge in [-0.1, -0.05) is 0 Å². The summed E-state index contributed by atoms with van der Waals surface area (Å²) in [6.07, 6.45) is 9.77. The Morgan fingerprint density at radius 2 is 1.87 bits per heavy atom. The Kier molecular flexibility index (Phi) is 3.91. The van der Waals surface area contributed by atoms with Crippen LogP contribution in [0.5, 0.6) is 0 Å². The van der Waals surface area contributed by atoms with E-state index in [0.717, 1.165) is 36.8 Å². The van der Waals surface area contributed by atoms with Gasteiger partial charge in [0.2, 0.25) is 0 Å². The normalized spacial score (nSPS) is 30.0. The molecule has 0 aliphatic heterocycles. The number of hydrogen-bond acceptors (Lipinski definition) is 5. The number of furan rings is 1. The van der Waals surface area contributed by atoms with Crippen molar-refractivity contribution >= 4 is 0 Å². The standard InChI is InChI=1S/C18H23N3O2/c1-21(15-5-13-7-16(22)8-14(13)6-15)11-12-9-19-18(20-10-12)17-3-2-4-23-17/h2-4,9-10,13-16,22H,5-8,11H2,1H3/t13-,14+,15?,16?. The van der Waals surface area contributed by atoms with Gasteiger partial charge < -0.3 is 9.52 Å². The van der Waals surface area contributed by atoms with Gasteiger partial charge in [0.15, 0.2) is 11.6 Å². The summed E-state index contributed by atoms with van der Waals surface area (Å²) in [5.41, 5.74) is 1.12. The van der Waals surface area contributed by atoms with Gasteiger partial charge in [0, 0.05) is 30.5 Å². The molecule has 2 aliphatic rings. The van der Waals surface area contributed by atoms with E-state index in [1.165, 1.54) is 12.8 Å². The quantitative estimate of drug-likeness (QED) is 0.940. The second-order valence-corrected chi connectivity index (χ2v) is 7.08. The second kappa shape index (κ2) is 6.06. The fourth-order valence-corrected chi connectivity index (χ4v) is 4.30. The molecule has 2 fully saturated rings. The van der Waals surface area contributed by atoms with Gasteiger partial charge in [-0.15, -0.1) is 0 Å². The van der Waals surface area contributed by atoms with Crippen LogP contribution in [0, 0.1) is 11.8 Å². The number of nitrogens with zero attached hydrogens (tertiary/aromatic N) is 3. The molecule has 2 aliphatic carbocycles. The molecule has 2 aromatic rings. The molecule has 1 N–H and O–H groups in total. The lowest BCUT2D eigenvalue weighted by Gasteiger charge is -2.25. The van der Waals surface area contributed by atoms with E-state index in [1.807, 2.05) is 24.5 Å². The molecular weight excluding hydrogens is 290 g/mol. The van der Waals surface area contributed by atoms with Gasteiger partial charge in [0.25, 0.3) is 0 Å². The Bertz CT molecular complexity index is 627. The van der Waals surface area contributed by atoms with Crippen LogP contribution in [0.3, 0.4) is 0 Å². The lowest BCUT2D eigenvalue weighted by Crippen LogP contribution is -2.30. The molecule has 2 saturated carbocycles. The molecule has 2 unspecified atom stereocenters. The maximum absolute atomic E-state index is 9.76. The van der Waals surface area contributed by atoms with Gasteiger partial charge >= 0.3 is 0 Å². The monoisotopic (exact) mass is 313 g/mol. The molecule has 0 bridgehead atoms. The summed E-state index contributed by atoms with van der Waals surface area (Å²) in [4.78, 5) is 11.2. The minimum atomic E-state index is -0.0567. The first-order valence-electron chi connectivity index (χ1n) is 8.42. The molecule has 122 valence electrons. The Hall–Kier alpha value is -1.72. The summed E-state index contributed by atoms with van der Waals surface area (Å²) >= 11 is 0. The average Bonchev–Trinajstić information content (AvgIpc) is 3.23. The maximum atomic E-state index is 9.76. The second-order valence-electron chi connectivity index (χ2n) is 7.08. The van der Waals surface area contributed by atoms with Gasteiger partial charge in [0.05, 0.1) is 12.4 Å². The third kappa shape index (κ3) is 3.03. The number of aliphatic hydroxyl groups excluding tert-OH is 1. The van der Waals surface area contributed by atoms with E-state index in [4.69, 9.17) is 4.42 Å². The van der Waals surface area contributed by atoms with Crippen molar-refractivity contribution in [2.45, 2.75) is 44.4 Å². The van der Waals surface area contributed by atoms with Crippen LogP contribution < -0.4 is 0 Å². The highest BCUT2D eigenvalue weighted by molar-refractivity contribution is 5.45. The highest BCUT2D eigenvalue weighted by Gasteiger charge is 2.42. The zero-order chi connectivity index (χ0) is 15.8. The summed E-state index contributed by atoms with van der Waals surface area (Å²) in [5, 5.41) is 9.76. The number of fused-ring (bicyclic) bond motifs is 1. The van der Waals surface area contributed by atoms with Crippen LogP contribution in [0.25, 0.3) is 11.6 Å². The van der Waals surface area contributed by atoms with Gasteiger partial charge in [-0.3, -0.25) is 4.90 Å². The molecule has 4 rings (SSSR count). The van der Waals surface area contributed by atoms with E-state index in [1.54, 1.807) is 6.26 Å². The van der Waals surface area contributed by atoms with Crippen molar-refractivity contribution in [1.29, 1.82) is 0 Å². The lowest BCUT2D eigenvalue weighted by atomic mass is 10.0. The fraction of sp³-hybridized carbons (Fsp3) is 0.556. The molecule has 0 spiro atoms. The smallest absolute Gasteiger partial charge is 0.195 e. The highest BCUT2D eigenvalue weighted by Crippen LogP contribution is 2.45. The molecule has 0 aromatic carbocycles. The minimum Gasteiger partial charge on any atom is -0.461 e. The van der Waals surface area contributed by atoms with E-state index in [2.05, 4.69) is 21.9 Å². The summed E-state index contributed by atoms with van der Waals surface area (Å²) in [6.45, 7) is 0.866. The topological polar surface area (TPSA) is 62.4 Å². The van der Waals surface area contributed by atoms with Gasteiger partial charge in [0.1, 0.15) is 0 Å². The maximum Gasteiger partial charge on any atom is 0.195 e. The molecule has 2 aromatic heterocycles. The van der Waals surface area contributed by atoms with Crippen LogP contribution >= 0.6 is 0 Å². The zero-order valence-corrected chi connectivity index (χ0v) is 13.4. The van der Waals surface area contributed by atoms with Crippen molar-refractivity contribution in [1.82, 2.24) is 14.9 Å². The molecule has 4 atom stereocenters. The van der Waals surface area contributed by atoms with E-state index in [-0.39, 0.29) is 6.10 Å². The number of hydrogen-bond donors (Lipinski definition) is 1. The van der Waals surface area contributed by atoms with E-state index in [9.17, 15) is 5.11 Å². The molecular formula is C18H23N3O2. The molecule has 2 heterocycles. The average molecular weight is 313 g/mol. The zero-order valence-electron chi connectivity index (χ0n) is 13.4. The predicted molar refractivity (Wildman–Crippen MR) is 86.4 cm³/mol. The molecule has 0 amide bonds. The van der Waals surface area contributed by atoms with Gasteiger partial charge in [-0.05, 0) is 56.7 Å². The SMILES string of the molecule is CN(Cc1cnc(-c2ccco2)nc1)C1C[C@H]2CC(O)C[C@H]2C1. The van der Waals surface area contributed by atoms with Crippen LogP contribution in [0.2, 0.25) is 0 Å². The first-order valence-corrected chi connectivity index (χ1v) is 8.42. The van der Waals surface area contributed by atoms with E-state index < -0.39 is 0 Å². The highest BCUT2D eigenvalue weighted by atomic mass is 16.3. The molecule has 5 nitrogen and oxygen atoms in total. The first-order chi connectivity index (χ1) is 11.2. The largest absolute Gasteiger partial charge is 0.461 e. The van der Waals surface area contributed by atoms with Crippen molar-refractivity contribution < 1.29 is 9.52 Å². The molecule has 23 heavy (non-hydrogen) atoms.